The summed E-state index contributed by atoms with van der Waals surface area (Å²) >= 11 is 0. The normalized spacial score (nSPS) is 11.2. The van der Waals surface area contributed by atoms with Crippen LogP contribution < -0.4 is 0 Å². The molecule has 0 spiro atoms. The number of hydrogen-bond donors (Lipinski definition) is 0. The topological polar surface area (TPSA) is 56.0 Å². The van der Waals surface area contributed by atoms with E-state index in [1.807, 2.05) is 12.1 Å². The van der Waals surface area contributed by atoms with E-state index in [9.17, 15) is 0 Å². The lowest BCUT2D eigenvalue weighted by Gasteiger charge is -2.06. The van der Waals surface area contributed by atoms with Crippen molar-refractivity contribution in [2.45, 2.75) is 6.92 Å². The molecule has 3 aromatic heterocycles. The van der Waals surface area contributed by atoms with Crippen LogP contribution >= 0.6 is 0 Å². The van der Waals surface area contributed by atoms with E-state index in [4.69, 9.17) is 0 Å². The Bertz CT molecular complexity index is 909. The van der Waals surface area contributed by atoms with Gasteiger partial charge in [-0.05, 0) is 19.1 Å². The average Bonchev–Trinajstić information content (AvgIpc) is 2.96. The second-order valence-electron chi connectivity index (χ2n) is 4.71. The Morgan fingerprint density at radius 1 is 1.05 bits per heavy atom. The first kappa shape index (κ1) is 11.0. The molecule has 3 heterocycles. The molecule has 0 aliphatic rings. The van der Waals surface area contributed by atoms with Gasteiger partial charge in [0.1, 0.15) is 17.5 Å². The molecule has 96 valence electrons. The smallest absolute Gasteiger partial charge is 0.203 e. The summed E-state index contributed by atoms with van der Waals surface area (Å²) in [5.41, 5.74) is 4.66. The number of nitrogens with zero attached hydrogens (tertiary/aromatic N) is 5. The van der Waals surface area contributed by atoms with Crippen LogP contribution in [0.4, 0.5) is 0 Å². The van der Waals surface area contributed by atoms with Crippen molar-refractivity contribution in [1.82, 2.24) is 24.8 Å². The SMILES string of the molecule is Cc1ccc(-c2nn3cnnc3c3ncccc23)cc1. The predicted molar refractivity (Wildman–Crippen MR) is 76.3 cm³/mol. The standard InChI is InChI=1S/C15H11N5/c1-10-4-6-11(7-5-10)13-12-3-2-8-16-14(12)15-18-17-9-20(15)19-13/h2-9H,1H3. The van der Waals surface area contributed by atoms with Crippen LogP contribution in [0.5, 0.6) is 0 Å². The van der Waals surface area contributed by atoms with Gasteiger partial charge in [0.15, 0.2) is 0 Å². The van der Waals surface area contributed by atoms with Crippen molar-refractivity contribution in [3.8, 4) is 11.3 Å². The minimum absolute atomic E-state index is 0.677. The molecule has 0 N–H and O–H groups in total. The lowest BCUT2D eigenvalue weighted by atomic mass is 10.1. The molecular weight excluding hydrogens is 250 g/mol. The lowest BCUT2D eigenvalue weighted by Crippen LogP contribution is -1.97. The molecule has 0 aliphatic carbocycles. The second-order valence-corrected chi connectivity index (χ2v) is 4.71. The third-order valence-corrected chi connectivity index (χ3v) is 3.34. The number of fused-ring (bicyclic) bond motifs is 3. The molecule has 0 atom stereocenters. The number of pyridine rings is 1. The highest BCUT2D eigenvalue weighted by molar-refractivity contribution is 5.98. The molecule has 20 heavy (non-hydrogen) atoms. The summed E-state index contributed by atoms with van der Waals surface area (Å²) in [5.74, 6) is 0. The summed E-state index contributed by atoms with van der Waals surface area (Å²) in [4.78, 5) is 4.42. The number of aromatic nitrogens is 5. The van der Waals surface area contributed by atoms with Crippen molar-refractivity contribution in [1.29, 1.82) is 0 Å². The van der Waals surface area contributed by atoms with E-state index in [1.165, 1.54) is 5.56 Å². The van der Waals surface area contributed by atoms with Gasteiger partial charge >= 0.3 is 0 Å². The summed E-state index contributed by atoms with van der Waals surface area (Å²) < 4.78 is 1.67. The summed E-state index contributed by atoms with van der Waals surface area (Å²) in [6.45, 7) is 2.07. The summed E-state index contributed by atoms with van der Waals surface area (Å²) in [5, 5.41) is 13.6. The fraction of sp³-hybridized carbons (Fsp3) is 0.0667. The molecule has 4 aromatic rings. The summed E-state index contributed by atoms with van der Waals surface area (Å²) in [6, 6.07) is 12.2. The molecule has 5 nitrogen and oxygen atoms in total. The van der Waals surface area contributed by atoms with Gasteiger partial charge in [0.25, 0.3) is 0 Å². The van der Waals surface area contributed by atoms with Gasteiger partial charge < -0.3 is 0 Å². The van der Waals surface area contributed by atoms with Crippen molar-refractivity contribution in [3.63, 3.8) is 0 Å². The van der Waals surface area contributed by atoms with Crippen LogP contribution in [0.1, 0.15) is 5.56 Å². The first-order valence-corrected chi connectivity index (χ1v) is 6.35. The van der Waals surface area contributed by atoms with Crippen LogP contribution in [0.15, 0.2) is 48.9 Å². The highest BCUT2D eigenvalue weighted by Gasteiger charge is 2.12. The van der Waals surface area contributed by atoms with E-state index in [0.29, 0.717) is 5.65 Å². The molecule has 0 saturated heterocycles. The minimum Gasteiger partial charge on any atom is -0.252 e. The van der Waals surface area contributed by atoms with Gasteiger partial charge in [-0.3, -0.25) is 4.98 Å². The van der Waals surface area contributed by atoms with Crippen molar-refractivity contribution in [3.05, 3.63) is 54.5 Å². The first-order valence-electron chi connectivity index (χ1n) is 6.35. The van der Waals surface area contributed by atoms with Gasteiger partial charge in [0.05, 0.1) is 0 Å². The van der Waals surface area contributed by atoms with E-state index in [-0.39, 0.29) is 0 Å². The van der Waals surface area contributed by atoms with Crippen LogP contribution in [-0.2, 0) is 0 Å². The molecule has 0 saturated carbocycles. The maximum absolute atomic E-state index is 4.61. The maximum atomic E-state index is 4.61. The number of benzene rings is 1. The van der Waals surface area contributed by atoms with E-state index in [2.05, 4.69) is 51.5 Å². The van der Waals surface area contributed by atoms with Crippen LogP contribution in [-0.4, -0.2) is 24.8 Å². The van der Waals surface area contributed by atoms with Gasteiger partial charge in [0, 0.05) is 17.1 Å². The lowest BCUT2D eigenvalue weighted by molar-refractivity contribution is 0.939. The Labute approximate surface area is 114 Å². The van der Waals surface area contributed by atoms with Crippen molar-refractivity contribution in [2.24, 2.45) is 0 Å². The Hall–Kier alpha value is -2.82. The zero-order valence-corrected chi connectivity index (χ0v) is 10.9. The monoisotopic (exact) mass is 261 g/mol. The second kappa shape index (κ2) is 4.09. The highest BCUT2D eigenvalue weighted by atomic mass is 15.3. The van der Waals surface area contributed by atoms with Crippen molar-refractivity contribution < 1.29 is 0 Å². The Balaban J connectivity index is 2.13. The molecule has 0 bridgehead atoms. The van der Waals surface area contributed by atoms with Crippen molar-refractivity contribution >= 4 is 16.6 Å². The van der Waals surface area contributed by atoms with Gasteiger partial charge in [-0.15, -0.1) is 10.2 Å². The van der Waals surface area contributed by atoms with Crippen LogP contribution in [0.2, 0.25) is 0 Å². The number of aryl methyl sites for hydroxylation is 1. The zero-order chi connectivity index (χ0) is 13.5. The molecule has 0 fully saturated rings. The highest BCUT2D eigenvalue weighted by Crippen LogP contribution is 2.27. The molecule has 4 rings (SSSR count). The third kappa shape index (κ3) is 1.56. The first-order chi connectivity index (χ1) is 9.83. The molecular formula is C15H11N5. The molecule has 0 aliphatic heterocycles. The molecule has 1 aromatic carbocycles. The molecule has 5 heteroatoms. The van der Waals surface area contributed by atoms with Gasteiger partial charge in [-0.2, -0.15) is 9.61 Å². The quantitative estimate of drug-likeness (QED) is 0.528. The Morgan fingerprint density at radius 3 is 2.75 bits per heavy atom. The predicted octanol–water partition coefficient (Wildman–Crippen LogP) is 2.65. The molecule has 0 radical (unpaired) electrons. The fourth-order valence-corrected chi connectivity index (χ4v) is 2.32. The fourth-order valence-electron chi connectivity index (χ4n) is 2.32. The molecule has 0 amide bonds. The maximum Gasteiger partial charge on any atom is 0.203 e. The van der Waals surface area contributed by atoms with Gasteiger partial charge in [-0.1, -0.05) is 29.8 Å². The number of rotatable bonds is 1. The van der Waals surface area contributed by atoms with Crippen molar-refractivity contribution in [2.75, 3.05) is 0 Å². The minimum atomic E-state index is 0.677. The summed E-state index contributed by atoms with van der Waals surface area (Å²) in [7, 11) is 0. The van der Waals surface area contributed by atoms with E-state index < -0.39 is 0 Å². The van der Waals surface area contributed by atoms with Crippen LogP contribution in [0.3, 0.4) is 0 Å². The Kier molecular flexibility index (Phi) is 2.26. The Morgan fingerprint density at radius 2 is 1.90 bits per heavy atom. The number of hydrogen-bond acceptors (Lipinski definition) is 4. The zero-order valence-electron chi connectivity index (χ0n) is 10.9. The van der Waals surface area contributed by atoms with Crippen LogP contribution in [0.25, 0.3) is 27.8 Å². The average molecular weight is 261 g/mol. The largest absolute Gasteiger partial charge is 0.252 e. The van der Waals surface area contributed by atoms with E-state index in [0.717, 1.165) is 22.2 Å². The van der Waals surface area contributed by atoms with Crippen LogP contribution in [0, 0.1) is 6.92 Å². The van der Waals surface area contributed by atoms with E-state index in [1.54, 1.807) is 17.0 Å². The van der Waals surface area contributed by atoms with Gasteiger partial charge in [0.2, 0.25) is 5.65 Å². The third-order valence-electron chi connectivity index (χ3n) is 3.34. The molecule has 0 unspecified atom stereocenters. The summed E-state index contributed by atoms with van der Waals surface area (Å²) in [6.07, 6.45) is 3.36. The van der Waals surface area contributed by atoms with Gasteiger partial charge in [-0.25, -0.2) is 0 Å². The van der Waals surface area contributed by atoms with E-state index >= 15 is 0 Å².